The van der Waals surface area contributed by atoms with Crippen LogP contribution in [0.25, 0.3) is 0 Å². The van der Waals surface area contributed by atoms with Crippen LogP contribution in [-0.4, -0.2) is 19.0 Å². The van der Waals surface area contributed by atoms with E-state index in [9.17, 15) is 4.79 Å². The zero-order valence-electron chi connectivity index (χ0n) is 10.4. The highest BCUT2D eigenvalue weighted by Crippen LogP contribution is 2.15. The van der Waals surface area contributed by atoms with Crippen molar-refractivity contribution in [3.8, 4) is 6.07 Å². The van der Waals surface area contributed by atoms with E-state index in [1.165, 1.54) is 0 Å². The van der Waals surface area contributed by atoms with Crippen LogP contribution in [-0.2, 0) is 11.3 Å². The Morgan fingerprint density at radius 3 is 3.06 bits per heavy atom. The highest BCUT2D eigenvalue weighted by molar-refractivity contribution is 5.79. The van der Waals surface area contributed by atoms with Crippen molar-refractivity contribution in [1.82, 2.24) is 10.6 Å². The first-order chi connectivity index (χ1) is 8.70. The normalized spacial score (nSPS) is 22.4. The molecule has 1 aromatic carbocycles. The maximum Gasteiger partial charge on any atom is 0.224 e. The molecule has 18 heavy (non-hydrogen) atoms. The average Bonchev–Trinajstić information content (AvgIpc) is 2.82. The first-order valence-corrected chi connectivity index (χ1v) is 6.18. The molecule has 1 heterocycles. The van der Waals surface area contributed by atoms with E-state index in [1.807, 2.05) is 12.1 Å². The molecule has 2 N–H and O–H groups in total. The van der Waals surface area contributed by atoms with Gasteiger partial charge in [-0.15, -0.1) is 0 Å². The summed E-state index contributed by atoms with van der Waals surface area (Å²) in [5.41, 5.74) is 1.58. The number of rotatable bonds is 3. The fourth-order valence-corrected chi connectivity index (χ4v) is 2.23. The van der Waals surface area contributed by atoms with Gasteiger partial charge >= 0.3 is 0 Å². The van der Waals surface area contributed by atoms with Crippen molar-refractivity contribution in [2.24, 2.45) is 11.8 Å². The summed E-state index contributed by atoms with van der Waals surface area (Å²) in [6, 6.07) is 9.40. The summed E-state index contributed by atoms with van der Waals surface area (Å²) in [6.07, 6.45) is 0. The molecule has 2 rings (SSSR count). The van der Waals surface area contributed by atoms with Crippen molar-refractivity contribution in [3.05, 3.63) is 35.4 Å². The van der Waals surface area contributed by atoms with Crippen LogP contribution >= 0.6 is 0 Å². The van der Waals surface area contributed by atoms with Crippen LogP contribution in [0.15, 0.2) is 24.3 Å². The highest BCUT2D eigenvalue weighted by atomic mass is 16.1. The molecule has 4 heteroatoms. The molecule has 1 aliphatic heterocycles. The molecule has 2 atom stereocenters. The molecule has 1 aliphatic rings. The van der Waals surface area contributed by atoms with Crippen LogP contribution in [0.4, 0.5) is 0 Å². The van der Waals surface area contributed by atoms with E-state index in [4.69, 9.17) is 5.26 Å². The van der Waals surface area contributed by atoms with E-state index in [-0.39, 0.29) is 11.8 Å². The molecule has 0 radical (unpaired) electrons. The van der Waals surface area contributed by atoms with Gasteiger partial charge in [0.15, 0.2) is 0 Å². The van der Waals surface area contributed by atoms with Gasteiger partial charge in [-0.25, -0.2) is 0 Å². The number of nitrogens with one attached hydrogen (secondary N) is 2. The fraction of sp³-hybridized carbons (Fsp3) is 0.429. The van der Waals surface area contributed by atoms with Crippen molar-refractivity contribution < 1.29 is 4.79 Å². The summed E-state index contributed by atoms with van der Waals surface area (Å²) in [6.45, 7) is 4.23. The molecule has 0 unspecified atom stereocenters. The minimum Gasteiger partial charge on any atom is -0.352 e. The SMILES string of the molecule is C[C@@H]1CNC[C@H]1C(=O)NCc1cccc(C#N)c1. The predicted molar refractivity (Wildman–Crippen MR) is 68.5 cm³/mol. The zero-order chi connectivity index (χ0) is 13.0. The predicted octanol–water partition coefficient (Wildman–Crippen LogP) is 1.03. The molecule has 0 spiro atoms. The Balaban J connectivity index is 1.91. The quantitative estimate of drug-likeness (QED) is 0.833. The Kier molecular flexibility index (Phi) is 3.96. The van der Waals surface area contributed by atoms with Gasteiger partial charge in [0.05, 0.1) is 17.6 Å². The average molecular weight is 243 g/mol. The first kappa shape index (κ1) is 12.6. The Morgan fingerprint density at radius 1 is 1.56 bits per heavy atom. The Bertz CT molecular complexity index is 478. The number of nitrogens with zero attached hydrogens (tertiary/aromatic N) is 1. The van der Waals surface area contributed by atoms with E-state index in [0.29, 0.717) is 18.0 Å². The van der Waals surface area contributed by atoms with E-state index in [0.717, 1.165) is 18.7 Å². The van der Waals surface area contributed by atoms with Gasteiger partial charge in [0, 0.05) is 13.1 Å². The van der Waals surface area contributed by atoms with Gasteiger partial charge in [-0.1, -0.05) is 19.1 Å². The fourth-order valence-electron chi connectivity index (χ4n) is 2.23. The molecular formula is C14H17N3O. The van der Waals surface area contributed by atoms with Gasteiger partial charge < -0.3 is 10.6 Å². The lowest BCUT2D eigenvalue weighted by Gasteiger charge is -2.14. The number of nitriles is 1. The van der Waals surface area contributed by atoms with Crippen molar-refractivity contribution in [2.75, 3.05) is 13.1 Å². The second-order valence-electron chi connectivity index (χ2n) is 4.77. The molecule has 0 bridgehead atoms. The van der Waals surface area contributed by atoms with Crippen LogP contribution in [0.3, 0.4) is 0 Å². The second kappa shape index (κ2) is 5.65. The van der Waals surface area contributed by atoms with Crippen LogP contribution in [0.1, 0.15) is 18.1 Å². The number of carbonyl (C=O) groups excluding carboxylic acids is 1. The minimum absolute atomic E-state index is 0.0594. The zero-order valence-corrected chi connectivity index (χ0v) is 10.4. The van der Waals surface area contributed by atoms with Crippen LogP contribution in [0.2, 0.25) is 0 Å². The van der Waals surface area contributed by atoms with Gasteiger partial charge in [0.25, 0.3) is 0 Å². The standard InChI is InChI=1S/C14H17N3O/c1-10-7-16-9-13(10)14(18)17-8-12-4-2-3-11(5-12)6-15/h2-5,10,13,16H,7-9H2,1H3,(H,17,18)/t10-,13-/m1/s1. The van der Waals surface area contributed by atoms with Gasteiger partial charge in [0.2, 0.25) is 5.91 Å². The lowest BCUT2D eigenvalue weighted by molar-refractivity contribution is -0.125. The van der Waals surface area contributed by atoms with Gasteiger partial charge in [-0.05, 0) is 30.2 Å². The summed E-state index contributed by atoms with van der Waals surface area (Å²) >= 11 is 0. The first-order valence-electron chi connectivity index (χ1n) is 6.18. The topological polar surface area (TPSA) is 64.9 Å². The maximum absolute atomic E-state index is 12.0. The van der Waals surface area contributed by atoms with Crippen LogP contribution in [0.5, 0.6) is 0 Å². The van der Waals surface area contributed by atoms with E-state index in [1.54, 1.807) is 12.1 Å². The van der Waals surface area contributed by atoms with Crippen LogP contribution < -0.4 is 10.6 Å². The van der Waals surface area contributed by atoms with Crippen molar-refractivity contribution >= 4 is 5.91 Å². The number of hydrogen-bond donors (Lipinski definition) is 2. The summed E-state index contributed by atoms with van der Waals surface area (Å²) < 4.78 is 0. The van der Waals surface area contributed by atoms with Crippen molar-refractivity contribution in [1.29, 1.82) is 5.26 Å². The molecular weight excluding hydrogens is 226 g/mol. The van der Waals surface area contributed by atoms with E-state index >= 15 is 0 Å². The molecule has 1 saturated heterocycles. The number of benzene rings is 1. The third-order valence-corrected chi connectivity index (χ3v) is 3.38. The van der Waals surface area contributed by atoms with Gasteiger partial charge in [-0.2, -0.15) is 5.26 Å². The lowest BCUT2D eigenvalue weighted by atomic mass is 9.97. The molecule has 94 valence electrons. The Hall–Kier alpha value is -1.86. The molecule has 1 fully saturated rings. The van der Waals surface area contributed by atoms with Gasteiger partial charge in [-0.3, -0.25) is 4.79 Å². The molecule has 1 aromatic rings. The van der Waals surface area contributed by atoms with Crippen molar-refractivity contribution in [2.45, 2.75) is 13.5 Å². The third kappa shape index (κ3) is 2.88. The minimum atomic E-state index is 0.0594. The molecule has 4 nitrogen and oxygen atoms in total. The summed E-state index contributed by atoms with van der Waals surface area (Å²) in [7, 11) is 0. The second-order valence-corrected chi connectivity index (χ2v) is 4.77. The number of carbonyl (C=O) groups is 1. The largest absolute Gasteiger partial charge is 0.352 e. The summed E-state index contributed by atoms with van der Waals surface area (Å²) in [5, 5.41) is 15.0. The Labute approximate surface area is 107 Å². The molecule has 0 saturated carbocycles. The molecule has 1 amide bonds. The highest BCUT2D eigenvalue weighted by Gasteiger charge is 2.29. The monoisotopic (exact) mass is 243 g/mol. The summed E-state index contributed by atoms with van der Waals surface area (Å²) in [5.74, 6) is 0.537. The molecule has 0 aliphatic carbocycles. The smallest absolute Gasteiger partial charge is 0.224 e. The lowest BCUT2D eigenvalue weighted by Crippen LogP contribution is -2.33. The van der Waals surface area contributed by atoms with Crippen LogP contribution in [0, 0.1) is 23.2 Å². The molecule has 0 aromatic heterocycles. The van der Waals surface area contributed by atoms with E-state index in [2.05, 4.69) is 23.6 Å². The third-order valence-electron chi connectivity index (χ3n) is 3.38. The number of hydrogen-bond acceptors (Lipinski definition) is 3. The van der Waals surface area contributed by atoms with E-state index < -0.39 is 0 Å². The maximum atomic E-state index is 12.0. The van der Waals surface area contributed by atoms with Gasteiger partial charge in [0.1, 0.15) is 0 Å². The van der Waals surface area contributed by atoms with Crippen molar-refractivity contribution in [3.63, 3.8) is 0 Å². The number of amides is 1. The Morgan fingerprint density at radius 2 is 2.39 bits per heavy atom. The summed E-state index contributed by atoms with van der Waals surface area (Å²) in [4.78, 5) is 12.0.